The highest BCUT2D eigenvalue weighted by atomic mass is 32.2. The van der Waals surface area contributed by atoms with Crippen LogP contribution in [0.3, 0.4) is 0 Å². The average Bonchev–Trinajstić information content (AvgIpc) is 2.87. The number of halogens is 2. The van der Waals surface area contributed by atoms with Gasteiger partial charge in [-0.15, -0.1) is 5.10 Å². The van der Waals surface area contributed by atoms with E-state index in [2.05, 4.69) is 19.8 Å². The number of piperidine rings is 1. The smallest absolute Gasteiger partial charge is 0.151 e. The largest absolute Gasteiger partial charge is 0.378 e. The number of anilines is 1. The molecule has 1 aromatic heterocycles. The van der Waals surface area contributed by atoms with Crippen LogP contribution in [0.25, 0.3) is 0 Å². The summed E-state index contributed by atoms with van der Waals surface area (Å²) < 4.78 is 38.1. The molecular formula is C25H35F2N5OS. The van der Waals surface area contributed by atoms with Gasteiger partial charge in [0.25, 0.3) is 0 Å². The monoisotopic (exact) mass is 491 g/mol. The quantitative estimate of drug-likeness (QED) is 0.487. The van der Waals surface area contributed by atoms with Gasteiger partial charge >= 0.3 is 0 Å². The second kappa shape index (κ2) is 12.8. The molecule has 4 rings (SSSR count). The lowest BCUT2D eigenvalue weighted by atomic mass is 9.82. The standard InChI is InChI=1S/C25H35F2N5OS/c1-31(15-12-26)34-30-24-11-14-32(25-6-3-13-28-29-25)17-21(24)18-33-23-9-7-19(8-10-23)20-4-2-5-22(27)16-20/h2-6,13,16,19,21,23-24,30H,7-12,14-15,17-18H2,1H3/t19?,21-,23?,24?/m0/s1. The summed E-state index contributed by atoms with van der Waals surface area (Å²) in [5.41, 5.74) is 1.10. The third-order valence-corrected chi connectivity index (χ3v) is 7.82. The van der Waals surface area contributed by atoms with Gasteiger partial charge in [0.1, 0.15) is 12.5 Å². The van der Waals surface area contributed by atoms with E-state index in [0.717, 1.165) is 56.6 Å². The van der Waals surface area contributed by atoms with E-state index in [9.17, 15) is 8.78 Å². The highest BCUT2D eigenvalue weighted by molar-refractivity contribution is 7.95. The Morgan fingerprint density at radius 3 is 2.76 bits per heavy atom. The average molecular weight is 492 g/mol. The molecule has 0 radical (unpaired) electrons. The maximum atomic E-state index is 13.6. The fourth-order valence-corrected chi connectivity index (χ4v) is 5.72. The Balaban J connectivity index is 1.31. The van der Waals surface area contributed by atoms with Gasteiger partial charge in [0.05, 0.1) is 12.7 Å². The fourth-order valence-electron chi connectivity index (χ4n) is 4.93. The molecule has 9 heteroatoms. The van der Waals surface area contributed by atoms with Crippen LogP contribution in [0.2, 0.25) is 0 Å². The van der Waals surface area contributed by atoms with Gasteiger partial charge in [0, 0.05) is 49.9 Å². The Kier molecular flexibility index (Phi) is 9.49. The predicted molar refractivity (Wildman–Crippen MR) is 133 cm³/mol. The van der Waals surface area contributed by atoms with Crippen LogP contribution < -0.4 is 9.62 Å². The predicted octanol–water partition coefficient (Wildman–Crippen LogP) is 4.61. The molecule has 2 atom stereocenters. The van der Waals surface area contributed by atoms with Gasteiger partial charge in [-0.1, -0.05) is 12.1 Å². The maximum Gasteiger partial charge on any atom is 0.151 e. The van der Waals surface area contributed by atoms with E-state index in [1.54, 1.807) is 18.3 Å². The van der Waals surface area contributed by atoms with E-state index in [-0.39, 0.29) is 30.6 Å². The highest BCUT2D eigenvalue weighted by Crippen LogP contribution is 2.35. The summed E-state index contributed by atoms with van der Waals surface area (Å²) in [4.78, 5) is 2.27. The molecule has 6 nitrogen and oxygen atoms in total. The number of nitrogens with one attached hydrogen (secondary N) is 1. The summed E-state index contributed by atoms with van der Waals surface area (Å²) in [5, 5.41) is 8.32. The van der Waals surface area contributed by atoms with Crippen LogP contribution in [0.15, 0.2) is 42.6 Å². The zero-order chi connectivity index (χ0) is 23.8. The van der Waals surface area contributed by atoms with Gasteiger partial charge in [0.2, 0.25) is 0 Å². The Hall–Kier alpha value is -1.81. The molecule has 1 unspecified atom stereocenters. The second-order valence-corrected chi connectivity index (χ2v) is 10.3. The molecule has 2 heterocycles. The molecule has 2 aromatic rings. The van der Waals surface area contributed by atoms with E-state index in [4.69, 9.17) is 4.74 Å². The van der Waals surface area contributed by atoms with Crippen molar-refractivity contribution in [2.45, 2.75) is 50.2 Å². The molecular weight excluding hydrogens is 456 g/mol. The van der Waals surface area contributed by atoms with Crippen LogP contribution in [0.5, 0.6) is 0 Å². The van der Waals surface area contributed by atoms with Crippen molar-refractivity contribution in [3.8, 4) is 0 Å². The minimum atomic E-state index is -0.360. The summed E-state index contributed by atoms with van der Waals surface area (Å²) in [6.45, 7) is 2.42. The number of ether oxygens (including phenoxy) is 1. The first-order chi connectivity index (χ1) is 16.6. The third-order valence-electron chi connectivity index (χ3n) is 6.92. The zero-order valence-electron chi connectivity index (χ0n) is 19.8. The van der Waals surface area contributed by atoms with Crippen LogP contribution in [-0.4, -0.2) is 66.6 Å². The topological polar surface area (TPSA) is 53.5 Å². The Morgan fingerprint density at radius 2 is 2.03 bits per heavy atom. The van der Waals surface area contributed by atoms with Crippen molar-refractivity contribution in [2.75, 3.05) is 44.9 Å². The van der Waals surface area contributed by atoms with Crippen molar-refractivity contribution >= 4 is 18.0 Å². The van der Waals surface area contributed by atoms with Gasteiger partial charge in [0.15, 0.2) is 5.82 Å². The molecule has 34 heavy (non-hydrogen) atoms. The highest BCUT2D eigenvalue weighted by Gasteiger charge is 2.32. The van der Waals surface area contributed by atoms with Crippen LogP contribution in [0, 0.1) is 11.7 Å². The number of hydrogen-bond donors (Lipinski definition) is 1. The van der Waals surface area contributed by atoms with Gasteiger partial charge < -0.3 is 9.64 Å². The fraction of sp³-hybridized carbons (Fsp3) is 0.600. The first-order valence-electron chi connectivity index (χ1n) is 12.2. The molecule has 1 aromatic carbocycles. The van der Waals surface area contributed by atoms with Gasteiger partial charge in [-0.05, 0) is 74.9 Å². The molecule has 1 saturated heterocycles. The van der Waals surface area contributed by atoms with Crippen molar-refractivity contribution in [1.82, 2.24) is 19.2 Å². The Labute approximate surface area is 205 Å². The van der Waals surface area contributed by atoms with Crippen molar-refractivity contribution < 1.29 is 13.5 Å². The lowest BCUT2D eigenvalue weighted by Crippen LogP contribution is -2.50. The number of alkyl halides is 1. The number of nitrogens with zero attached hydrogens (tertiary/aromatic N) is 4. The van der Waals surface area contributed by atoms with Crippen molar-refractivity contribution in [2.24, 2.45) is 5.92 Å². The molecule has 2 aliphatic rings. The normalized spacial score (nSPS) is 25.6. The summed E-state index contributed by atoms with van der Waals surface area (Å²) in [6.07, 6.45) is 6.91. The first kappa shape index (κ1) is 25.3. The van der Waals surface area contributed by atoms with E-state index in [0.29, 0.717) is 19.1 Å². The van der Waals surface area contributed by atoms with E-state index >= 15 is 0 Å². The molecule has 0 bridgehead atoms. The molecule has 1 N–H and O–H groups in total. The number of hydrogen-bond acceptors (Lipinski definition) is 7. The third kappa shape index (κ3) is 7.10. The number of rotatable bonds is 10. The lowest BCUT2D eigenvalue weighted by molar-refractivity contribution is -0.00205. The first-order valence-corrected chi connectivity index (χ1v) is 13.0. The molecule has 186 valence electrons. The van der Waals surface area contributed by atoms with Crippen molar-refractivity contribution in [1.29, 1.82) is 0 Å². The molecule has 1 aliphatic heterocycles. The minimum Gasteiger partial charge on any atom is -0.378 e. The molecule has 1 saturated carbocycles. The van der Waals surface area contributed by atoms with Crippen LogP contribution in [0.4, 0.5) is 14.6 Å². The molecule has 0 spiro atoms. The van der Waals surface area contributed by atoms with Crippen LogP contribution >= 0.6 is 12.1 Å². The lowest BCUT2D eigenvalue weighted by Gasteiger charge is -2.40. The van der Waals surface area contributed by atoms with Crippen molar-refractivity contribution in [3.05, 3.63) is 54.0 Å². The molecule has 1 aliphatic carbocycles. The van der Waals surface area contributed by atoms with Gasteiger partial charge in [-0.3, -0.25) is 0 Å². The Morgan fingerprint density at radius 1 is 1.18 bits per heavy atom. The van der Waals surface area contributed by atoms with Crippen LogP contribution in [0.1, 0.15) is 43.6 Å². The summed E-state index contributed by atoms with van der Waals surface area (Å²) in [6, 6.07) is 11.2. The number of aromatic nitrogens is 2. The van der Waals surface area contributed by atoms with E-state index in [1.165, 1.54) is 18.2 Å². The second-order valence-electron chi connectivity index (χ2n) is 9.29. The van der Waals surface area contributed by atoms with Crippen molar-refractivity contribution in [3.63, 3.8) is 0 Å². The minimum absolute atomic E-state index is 0.158. The molecule has 0 amide bonds. The van der Waals surface area contributed by atoms with Crippen LogP contribution in [-0.2, 0) is 4.74 Å². The maximum absolute atomic E-state index is 13.6. The number of benzene rings is 1. The van der Waals surface area contributed by atoms with E-state index in [1.807, 2.05) is 29.6 Å². The van der Waals surface area contributed by atoms with Gasteiger partial charge in [-0.25, -0.2) is 17.8 Å². The summed E-state index contributed by atoms with van der Waals surface area (Å²) in [7, 11) is 1.90. The van der Waals surface area contributed by atoms with E-state index < -0.39 is 0 Å². The Bertz CT molecular complexity index is 871. The van der Waals surface area contributed by atoms with Gasteiger partial charge in [-0.2, -0.15) is 5.10 Å². The summed E-state index contributed by atoms with van der Waals surface area (Å²) >= 11 is 1.48. The molecule has 2 fully saturated rings. The zero-order valence-corrected chi connectivity index (χ0v) is 20.6. The summed E-state index contributed by atoms with van der Waals surface area (Å²) in [5.74, 6) is 1.43. The SMILES string of the molecule is CN(CCF)SNC1CCN(c2cccnn2)C[C@H]1COC1CCC(c2cccc(F)c2)CC1.